The number of hydrogen-bond donors (Lipinski definition) is 1. The smallest absolute Gasteiger partial charge is 0.257 e. The zero-order valence-corrected chi connectivity index (χ0v) is 18.1. The summed E-state index contributed by atoms with van der Waals surface area (Å²) < 4.78 is 6.47. The molecule has 0 unspecified atom stereocenters. The third kappa shape index (κ3) is 4.28. The number of anilines is 1. The van der Waals surface area contributed by atoms with Crippen LogP contribution in [0.3, 0.4) is 0 Å². The molecule has 0 aromatic heterocycles. The SMILES string of the molecule is O=C(Nc1ccccc1)[C@@]1(Cc2ccccc2)N=C(c2ccccc2)O[C@H]1c1ccccc1. The summed E-state index contributed by atoms with van der Waals surface area (Å²) in [6.45, 7) is 0. The molecule has 4 nitrogen and oxygen atoms in total. The minimum Gasteiger partial charge on any atom is -0.466 e. The van der Waals surface area contributed by atoms with Gasteiger partial charge < -0.3 is 10.1 Å². The van der Waals surface area contributed by atoms with Crippen LogP contribution in [0.15, 0.2) is 126 Å². The normalized spacial score (nSPS) is 19.4. The van der Waals surface area contributed by atoms with E-state index in [-0.39, 0.29) is 5.91 Å². The molecular formula is C29H24N2O2. The fraction of sp³-hybridized carbons (Fsp3) is 0.103. The zero-order chi connectivity index (χ0) is 22.5. The van der Waals surface area contributed by atoms with Crippen molar-refractivity contribution in [3.8, 4) is 0 Å². The Morgan fingerprint density at radius 1 is 0.758 bits per heavy atom. The first kappa shape index (κ1) is 20.7. The number of benzene rings is 4. The van der Waals surface area contributed by atoms with Crippen LogP contribution in [0.4, 0.5) is 5.69 Å². The molecule has 1 aliphatic heterocycles. The number of rotatable bonds is 6. The van der Waals surface area contributed by atoms with E-state index in [4.69, 9.17) is 9.73 Å². The number of para-hydroxylation sites is 1. The van der Waals surface area contributed by atoms with E-state index in [1.807, 2.05) is 121 Å². The van der Waals surface area contributed by atoms with Crippen molar-refractivity contribution < 1.29 is 9.53 Å². The topological polar surface area (TPSA) is 50.7 Å². The Labute approximate surface area is 193 Å². The Bertz CT molecular complexity index is 1240. The fourth-order valence-electron chi connectivity index (χ4n) is 4.21. The van der Waals surface area contributed by atoms with Crippen LogP contribution in [0.2, 0.25) is 0 Å². The number of ether oxygens (including phenoxy) is 1. The van der Waals surface area contributed by atoms with Gasteiger partial charge in [0, 0.05) is 17.7 Å². The number of carbonyl (C=O) groups excluding carboxylic acids is 1. The van der Waals surface area contributed by atoms with Crippen molar-refractivity contribution in [1.29, 1.82) is 0 Å². The highest BCUT2D eigenvalue weighted by Gasteiger charge is 2.53. The van der Waals surface area contributed by atoms with Crippen molar-refractivity contribution in [2.24, 2.45) is 4.99 Å². The lowest BCUT2D eigenvalue weighted by molar-refractivity contribution is -0.123. The van der Waals surface area contributed by atoms with E-state index >= 15 is 0 Å². The second-order valence-corrected chi connectivity index (χ2v) is 8.10. The predicted octanol–water partition coefficient (Wildman–Crippen LogP) is 5.82. The second kappa shape index (κ2) is 9.13. The van der Waals surface area contributed by atoms with E-state index in [0.29, 0.717) is 12.3 Å². The molecule has 1 aliphatic rings. The van der Waals surface area contributed by atoms with Gasteiger partial charge in [-0.3, -0.25) is 4.79 Å². The molecule has 1 amide bonds. The van der Waals surface area contributed by atoms with Gasteiger partial charge in [-0.2, -0.15) is 0 Å². The highest BCUT2D eigenvalue weighted by atomic mass is 16.5. The standard InChI is InChI=1S/C29H24N2O2/c32-28(30-25-19-11-4-12-20-25)29(21-22-13-5-1-6-14-22)26(23-15-7-2-8-16-23)33-27(31-29)24-17-9-3-10-18-24/h1-20,26H,21H2,(H,30,32)/t26-,29-/m0/s1. The monoisotopic (exact) mass is 432 g/mol. The molecule has 0 radical (unpaired) electrons. The van der Waals surface area contributed by atoms with Gasteiger partial charge in [-0.1, -0.05) is 97.1 Å². The Morgan fingerprint density at radius 2 is 1.30 bits per heavy atom. The molecule has 2 atom stereocenters. The lowest BCUT2D eigenvalue weighted by atomic mass is 9.82. The number of hydrogen-bond acceptors (Lipinski definition) is 3. The van der Waals surface area contributed by atoms with Crippen molar-refractivity contribution in [2.45, 2.75) is 18.1 Å². The van der Waals surface area contributed by atoms with Crippen LogP contribution in [0.5, 0.6) is 0 Å². The van der Waals surface area contributed by atoms with E-state index in [2.05, 4.69) is 5.32 Å². The molecule has 1 N–H and O–H groups in total. The van der Waals surface area contributed by atoms with E-state index in [1.54, 1.807) is 0 Å². The molecule has 33 heavy (non-hydrogen) atoms. The van der Waals surface area contributed by atoms with E-state index in [1.165, 1.54) is 0 Å². The van der Waals surface area contributed by atoms with Crippen molar-refractivity contribution >= 4 is 17.5 Å². The van der Waals surface area contributed by atoms with Crippen LogP contribution < -0.4 is 5.32 Å². The summed E-state index contributed by atoms with van der Waals surface area (Å²) in [5, 5.41) is 3.09. The molecule has 4 aromatic carbocycles. The van der Waals surface area contributed by atoms with Crippen LogP contribution in [-0.2, 0) is 16.0 Å². The summed E-state index contributed by atoms with van der Waals surface area (Å²) in [7, 11) is 0. The number of carbonyl (C=O) groups is 1. The first-order chi connectivity index (χ1) is 16.2. The quantitative estimate of drug-likeness (QED) is 0.417. The lowest BCUT2D eigenvalue weighted by Crippen LogP contribution is -2.46. The van der Waals surface area contributed by atoms with Gasteiger partial charge in [0.2, 0.25) is 5.90 Å². The van der Waals surface area contributed by atoms with Crippen LogP contribution in [0.25, 0.3) is 0 Å². The van der Waals surface area contributed by atoms with E-state index in [9.17, 15) is 4.79 Å². The Kier molecular flexibility index (Phi) is 5.73. The van der Waals surface area contributed by atoms with Crippen LogP contribution >= 0.6 is 0 Å². The molecule has 0 saturated carbocycles. The Morgan fingerprint density at radius 3 is 1.94 bits per heavy atom. The van der Waals surface area contributed by atoms with Gasteiger partial charge in [-0.15, -0.1) is 0 Å². The molecule has 0 aliphatic carbocycles. The fourth-order valence-corrected chi connectivity index (χ4v) is 4.21. The number of nitrogens with one attached hydrogen (secondary N) is 1. The molecule has 5 rings (SSSR count). The van der Waals surface area contributed by atoms with E-state index < -0.39 is 11.6 Å². The molecule has 4 heteroatoms. The summed E-state index contributed by atoms with van der Waals surface area (Å²) in [6, 6.07) is 39.1. The Balaban J connectivity index is 1.64. The predicted molar refractivity (Wildman–Crippen MR) is 131 cm³/mol. The molecule has 0 spiro atoms. The highest BCUT2D eigenvalue weighted by Crippen LogP contribution is 2.42. The summed E-state index contributed by atoms with van der Waals surface area (Å²) in [4.78, 5) is 19.0. The maximum Gasteiger partial charge on any atom is 0.257 e. The number of aliphatic imine (C=N–C) groups is 1. The maximum atomic E-state index is 14.0. The van der Waals surface area contributed by atoms with Gasteiger partial charge in [0.1, 0.15) is 0 Å². The van der Waals surface area contributed by atoms with Crippen LogP contribution in [0, 0.1) is 0 Å². The molecule has 4 aromatic rings. The van der Waals surface area contributed by atoms with Crippen molar-refractivity contribution in [3.05, 3.63) is 138 Å². The maximum absolute atomic E-state index is 14.0. The number of nitrogens with zero attached hydrogens (tertiary/aromatic N) is 1. The van der Waals surface area contributed by atoms with Gasteiger partial charge in [0.25, 0.3) is 5.91 Å². The van der Waals surface area contributed by atoms with Crippen LogP contribution in [0.1, 0.15) is 22.8 Å². The third-order valence-corrected chi connectivity index (χ3v) is 5.83. The van der Waals surface area contributed by atoms with Crippen molar-refractivity contribution in [1.82, 2.24) is 0 Å². The van der Waals surface area contributed by atoms with Crippen molar-refractivity contribution in [2.75, 3.05) is 5.32 Å². The zero-order valence-electron chi connectivity index (χ0n) is 18.1. The average molecular weight is 433 g/mol. The molecule has 162 valence electrons. The first-order valence-electron chi connectivity index (χ1n) is 11.0. The van der Waals surface area contributed by atoms with Crippen LogP contribution in [-0.4, -0.2) is 17.3 Å². The summed E-state index contributed by atoms with van der Waals surface area (Å²) >= 11 is 0. The largest absolute Gasteiger partial charge is 0.466 e. The molecule has 0 saturated heterocycles. The Hall–Kier alpha value is -4.18. The number of amides is 1. The molecule has 0 fully saturated rings. The third-order valence-electron chi connectivity index (χ3n) is 5.83. The summed E-state index contributed by atoms with van der Waals surface area (Å²) in [5.74, 6) is 0.279. The average Bonchev–Trinajstić information content (AvgIpc) is 3.27. The van der Waals surface area contributed by atoms with Gasteiger partial charge >= 0.3 is 0 Å². The van der Waals surface area contributed by atoms with Crippen molar-refractivity contribution in [3.63, 3.8) is 0 Å². The molecule has 0 bridgehead atoms. The summed E-state index contributed by atoms with van der Waals surface area (Å²) in [6.07, 6.45) is -0.166. The first-order valence-corrected chi connectivity index (χ1v) is 11.0. The second-order valence-electron chi connectivity index (χ2n) is 8.10. The molecular weight excluding hydrogens is 408 g/mol. The molecule has 1 heterocycles. The highest BCUT2D eigenvalue weighted by molar-refractivity contribution is 6.05. The summed E-state index contributed by atoms with van der Waals surface area (Å²) in [5.41, 5.74) is 2.32. The van der Waals surface area contributed by atoms with Gasteiger partial charge in [0.15, 0.2) is 11.6 Å². The van der Waals surface area contributed by atoms with Gasteiger partial charge in [-0.05, 0) is 35.4 Å². The lowest BCUT2D eigenvalue weighted by Gasteiger charge is -2.30. The van der Waals surface area contributed by atoms with Gasteiger partial charge in [-0.25, -0.2) is 4.99 Å². The minimum absolute atomic E-state index is 0.197. The van der Waals surface area contributed by atoms with E-state index in [0.717, 1.165) is 22.4 Å². The van der Waals surface area contributed by atoms with Gasteiger partial charge in [0.05, 0.1) is 0 Å². The minimum atomic E-state index is -1.18.